The maximum atomic E-state index is 13.5. The first-order valence-electron chi connectivity index (χ1n) is 14.6. The lowest BCUT2D eigenvalue weighted by Gasteiger charge is -2.26. The van der Waals surface area contributed by atoms with Crippen LogP contribution >= 0.6 is 0 Å². The third kappa shape index (κ3) is 7.32. The fourth-order valence-electron chi connectivity index (χ4n) is 4.90. The summed E-state index contributed by atoms with van der Waals surface area (Å²) in [4.78, 5) is 32.5. The Morgan fingerprint density at radius 3 is 2.57 bits per heavy atom. The van der Waals surface area contributed by atoms with E-state index in [0.29, 0.717) is 67.0 Å². The van der Waals surface area contributed by atoms with Crippen LogP contribution in [0.3, 0.4) is 0 Å². The van der Waals surface area contributed by atoms with E-state index in [-0.39, 0.29) is 11.3 Å². The lowest BCUT2D eigenvalue weighted by atomic mass is 9.95. The van der Waals surface area contributed by atoms with E-state index in [0.717, 1.165) is 19.3 Å². The fraction of sp³-hybridized carbons (Fsp3) is 0.424. The average molecular weight is 576 g/mol. The first-order chi connectivity index (χ1) is 20.3. The molecule has 0 aliphatic carbocycles. The Hall–Kier alpha value is -4.27. The van der Waals surface area contributed by atoms with E-state index in [1.165, 1.54) is 4.90 Å². The Labute approximate surface area is 247 Å². The lowest BCUT2D eigenvalue weighted by Crippen LogP contribution is -2.31. The molecular weight excluding hydrogens is 534 g/mol. The highest BCUT2D eigenvalue weighted by molar-refractivity contribution is 6.46. The predicted octanol–water partition coefficient (Wildman–Crippen LogP) is 6.01. The monoisotopic (exact) mass is 575 g/mol. The number of carbonyl (C=O) groups excluding carboxylic acids is 2. The van der Waals surface area contributed by atoms with Gasteiger partial charge < -0.3 is 28.8 Å². The molecule has 9 nitrogen and oxygen atoms in total. The third-order valence-electron chi connectivity index (χ3n) is 7.24. The molecule has 2 aromatic carbocycles. The number of ketones is 1. The molecule has 1 fully saturated rings. The van der Waals surface area contributed by atoms with Crippen LogP contribution in [0.2, 0.25) is 0 Å². The molecule has 1 atom stereocenters. The SMILES string of the molecule is CCCCOc1cccc(C(O)=C2C(=O)C(=O)N(CCCn3ccnc3)C2c2ccc(OCCC(C)C)c(OC)c2)c1. The normalized spacial score (nSPS) is 16.3. The number of imidazole rings is 1. The summed E-state index contributed by atoms with van der Waals surface area (Å²) in [5.74, 6) is 0.526. The standard InChI is InChI=1S/C33H41N3O6/c1-5-6-18-41-26-10-7-9-25(20-26)31(37)29-30(24-11-12-27(28(21-24)40-4)42-19-13-23(2)3)36(33(39)32(29)38)16-8-15-35-17-14-34-22-35/h7,9-12,14,17,20-23,30,37H,5-6,8,13,15-16,18-19H2,1-4H3. The highest BCUT2D eigenvalue weighted by atomic mass is 16.5. The molecule has 9 heteroatoms. The van der Waals surface area contributed by atoms with Gasteiger partial charge in [-0.1, -0.05) is 45.4 Å². The maximum absolute atomic E-state index is 13.5. The minimum atomic E-state index is -0.809. The second kappa shape index (κ2) is 14.6. The summed E-state index contributed by atoms with van der Waals surface area (Å²) < 4.78 is 19.4. The van der Waals surface area contributed by atoms with Crippen LogP contribution in [0.5, 0.6) is 17.2 Å². The number of aliphatic hydroxyl groups excluding tert-OH is 1. The number of carbonyl (C=O) groups is 2. The second-order valence-electron chi connectivity index (χ2n) is 10.8. The Balaban J connectivity index is 1.71. The van der Waals surface area contributed by atoms with E-state index in [4.69, 9.17) is 14.2 Å². The van der Waals surface area contributed by atoms with Gasteiger partial charge in [-0.2, -0.15) is 0 Å². The van der Waals surface area contributed by atoms with E-state index in [9.17, 15) is 14.7 Å². The van der Waals surface area contributed by atoms with Gasteiger partial charge in [-0.05, 0) is 55.0 Å². The zero-order chi connectivity index (χ0) is 30.1. The minimum Gasteiger partial charge on any atom is -0.507 e. The van der Waals surface area contributed by atoms with Crippen molar-refractivity contribution < 1.29 is 28.9 Å². The molecule has 2 heterocycles. The van der Waals surface area contributed by atoms with Crippen LogP contribution in [0.4, 0.5) is 0 Å². The van der Waals surface area contributed by atoms with Gasteiger partial charge in [0.1, 0.15) is 11.5 Å². The average Bonchev–Trinajstić information content (AvgIpc) is 3.59. The van der Waals surface area contributed by atoms with E-state index < -0.39 is 17.7 Å². The summed E-state index contributed by atoms with van der Waals surface area (Å²) >= 11 is 0. The number of aliphatic hydroxyl groups is 1. The number of aryl methyl sites for hydroxylation is 1. The van der Waals surface area contributed by atoms with Crippen LogP contribution in [0.1, 0.15) is 63.6 Å². The summed E-state index contributed by atoms with van der Waals surface area (Å²) in [5, 5.41) is 11.5. The maximum Gasteiger partial charge on any atom is 0.295 e. The fourth-order valence-corrected chi connectivity index (χ4v) is 4.90. The van der Waals surface area contributed by atoms with Gasteiger partial charge in [0.15, 0.2) is 11.5 Å². The molecule has 0 radical (unpaired) electrons. The zero-order valence-electron chi connectivity index (χ0n) is 24.9. The van der Waals surface area contributed by atoms with Crippen molar-refractivity contribution in [2.24, 2.45) is 5.92 Å². The molecular formula is C33H41N3O6. The second-order valence-corrected chi connectivity index (χ2v) is 10.8. The van der Waals surface area contributed by atoms with Crippen LogP contribution in [0, 0.1) is 5.92 Å². The number of Topliss-reactive ketones (excluding diaryl/α,β-unsaturated/α-hetero) is 1. The van der Waals surface area contributed by atoms with Crippen molar-refractivity contribution in [3.05, 3.63) is 77.9 Å². The summed E-state index contributed by atoms with van der Waals surface area (Å²) in [6, 6.07) is 11.6. The molecule has 42 heavy (non-hydrogen) atoms. The predicted molar refractivity (Wildman–Crippen MR) is 161 cm³/mol. The number of hydrogen-bond acceptors (Lipinski definition) is 7. The quantitative estimate of drug-likeness (QED) is 0.102. The Morgan fingerprint density at radius 2 is 1.86 bits per heavy atom. The van der Waals surface area contributed by atoms with Crippen molar-refractivity contribution in [1.29, 1.82) is 0 Å². The zero-order valence-corrected chi connectivity index (χ0v) is 24.9. The minimum absolute atomic E-state index is 0.0314. The number of unbranched alkanes of at least 4 members (excludes halogenated alkanes) is 1. The number of rotatable bonds is 15. The molecule has 1 aromatic heterocycles. The topological polar surface area (TPSA) is 103 Å². The van der Waals surface area contributed by atoms with Gasteiger partial charge in [0.2, 0.25) is 0 Å². The van der Waals surface area contributed by atoms with Gasteiger partial charge in [0.05, 0.1) is 38.3 Å². The third-order valence-corrected chi connectivity index (χ3v) is 7.24. The molecule has 4 rings (SSSR count). The molecule has 1 aliphatic heterocycles. The number of benzene rings is 2. The van der Waals surface area contributed by atoms with Gasteiger partial charge >= 0.3 is 0 Å². The van der Waals surface area contributed by atoms with E-state index in [1.807, 2.05) is 22.9 Å². The molecule has 1 saturated heterocycles. The van der Waals surface area contributed by atoms with E-state index in [2.05, 4.69) is 25.8 Å². The number of likely N-dealkylation sites (tertiary alicyclic amines) is 1. The first kappa shape index (κ1) is 30.7. The van der Waals surface area contributed by atoms with Crippen molar-refractivity contribution in [2.75, 3.05) is 26.9 Å². The van der Waals surface area contributed by atoms with Crippen LogP contribution in [0.25, 0.3) is 5.76 Å². The number of aromatic nitrogens is 2. The van der Waals surface area contributed by atoms with E-state index in [1.54, 1.807) is 50.0 Å². The van der Waals surface area contributed by atoms with Crippen LogP contribution in [0.15, 0.2) is 66.8 Å². The Kier molecular flexibility index (Phi) is 10.6. The van der Waals surface area contributed by atoms with Crippen LogP contribution in [-0.4, -0.2) is 58.1 Å². The molecule has 1 N–H and O–H groups in total. The van der Waals surface area contributed by atoms with Crippen molar-refractivity contribution in [1.82, 2.24) is 14.5 Å². The summed E-state index contributed by atoms with van der Waals surface area (Å²) in [5.41, 5.74) is 1.08. The molecule has 1 aliphatic rings. The largest absolute Gasteiger partial charge is 0.507 e. The Bertz CT molecular complexity index is 1380. The van der Waals surface area contributed by atoms with Crippen molar-refractivity contribution in [2.45, 2.75) is 59.0 Å². The molecule has 0 spiro atoms. The summed E-state index contributed by atoms with van der Waals surface area (Å²) in [6.07, 6.45) is 8.64. The summed E-state index contributed by atoms with van der Waals surface area (Å²) in [6.45, 7) is 8.36. The number of amides is 1. The van der Waals surface area contributed by atoms with Gasteiger partial charge in [-0.3, -0.25) is 9.59 Å². The van der Waals surface area contributed by atoms with Crippen LogP contribution in [-0.2, 0) is 16.1 Å². The molecule has 3 aromatic rings. The molecule has 224 valence electrons. The number of nitrogens with zero attached hydrogens (tertiary/aromatic N) is 3. The Morgan fingerprint density at radius 1 is 1.02 bits per heavy atom. The molecule has 0 bridgehead atoms. The first-order valence-corrected chi connectivity index (χ1v) is 14.6. The number of methoxy groups -OCH3 is 1. The van der Waals surface area contributed by atoms with Gasteiger partial charge in [0.25, 0.3) is 11.7 Å². The van der Waals surface area contributed by atoms with Crippen molar-refractivity contribution in [3.8, 4) is 17.2 Å². The van der Waals surface area contributed by atoms with Gasteiger partial charge in [-0.15, -0.1) is 0 Å². The van der Waals surface area contributed by atoms with Crippen LogP contribution < -0.4 is 14.2 Å². The number of hydrogen-bond donors (Lipinski definition) is 1. The summed E-state index contributed by atoms with van der Waals surface area (Å²) in [7, 11) is 1.56. The lowest BCUT2D eigenvalue weighted by molar-refractivity contribution is -0.139. The van der Waals surface area contributed by atoms with Crippen molar-refractivity contribution in [3.63, 3.8) is 0 Å². The smallest absolute Gasteiger partial charge is 0.295 e. The molecule has 1 amide bonds. The highest BCUT2D eigenvalue weighted by Gasteiger charge is 2.46. The van der Waals surface area contributed by atoms with Crippen molar-refractivity contribution >= 4 is 17.4 Å². The van der Waals surface area contributed by atoms with Gasteiger partial charge in [0, 0.05) is 31.0 Å². The highest BCUT2D eigenvalue weighted by Crippen LogP contribution is 2.42. The number of ether oxygens (including phenoxy) is 3. The molecule has 0 saturated carbocycles. The van der Waals surface area contributed by atoms with E-state index >= 15 is 0 Å². The molecule has 1 unspecified atom stereocenters. The van der Waals surface area contributed by atoms with Gasteiger partial charge in [-0.25, -0.2) is 4.98 Å².